The van der Waals surface area contributed by atoms with E-state index in [1.165, 1.54) is 5.56 Å². The summed E-state index contributed by atoms with van der Waals surface area (Å²) in [5.41, 5.74) is 1.25. The molecule has 0 radical (unpaired) electrons. The van der Waals surface area contributed by atoms with Crippen LogP contribution in [0.4, 0.5) is 0 Å². The molecule has 1 aromatic rings. The van der Waals surface area contributed by atoms with E-state index < -0.39 is 0 Å². The number of hydrogen-bond acceptors (Lipinski definition) is 1. The molecule has 0 fully saturated rings. The van der Waals surface area contributed by atoms with Crippen molar-refractivity contribution in [2.24, 2.45) is 0 Å². The van der Waals surface area contributed by atoms with E-state index in [1.54, 1.807) is 0 Å². The van der Waals surface area contributed by atoms with Gasteiger partial charge in [0.2, 0.25) is 0 Å². The maximum atomic E-state index is 5.42. The molecule has 1 aromatic carbocycles. The molecule has 1 heteroatoms. The van der Waals surface area contributed by atoms with Crippen molar-refractivity contribution in [2.45, 2.75) is 12.8 Å². The minimum Gasteiger partial charge on any atom is -0.461 e. The van der Waals surface area contributed by atoms with Gasteiger partial charge < -0.3 is 4.74 Å². The molecule has 1 heterocycles. The van der Waals surface area contributed by atoms with Gasteiger partial charge >= 0.3 is 0 Å². The summed E-state index contributed by atoms with van der Waals surface area (Å²) in [6.07, 6.45) is 0. The Bertz CT molecular complexity index is 301. The van der Waals surface area contributed by atoms with E-state index >= 15 is 0 Å². The normalized spacial score (nSPS) is 21.2. The lowest BCUT2D eigenvalue weighted by molar-refractivity contribution is 0.435. The number of fused-ring (bicyclic) bond motifs is 1. The van der Waals surface area contributed by atoms with Gasteiger partial charge in [-0.3, -0.25) is 0 Å². The molecule has 1 aliphatic heterocycles. The molecule has 1 aliphatic rings. The summed E-state index contributed by atoms with van der Waals surface area (Å²) in [5, 5.41) is 0. The van der Waals surface area contributed by atoms with Gasteiger partial charge in [-0.1, -0.05) is 31.7 Å². The van der Waals surface area contributed by atoms with Crippen LogP contribution in [0.5, 0.6) is 5.75 Å². The molecule has 0 bridgehead atoms. The Morgan fingerprint density at radius 3 is 2.82 bits per heavy atom. The minimum atomic E-state index is 0.353. The van der Waals surface area contributed by atoms with E-state index in [0.29, 0.717) is 5.92 Å². The second-order valence-corrected chi connectivity index (χ2v) is 2.83. The molecule has 1 atom stereocenters. The summed E-state index contributed by atoms with van der Waals surface area (Å²) in [7, 11) is 0. The minimum absolute atomic E-state index is 0.353. The fourth-order valence-electron chi connectivity index (χ4n) is 1.33. The van der Waals surface area contributed by atoms with Crippen molar-refractivity contribution in [3.63, 3.8) is 0 Å². The summed E-state index contributed by atoms with van der Waals surface area (Å²) in [6, 6.07) is 8.06. The summed E-state index contributed by atoms with van der Waals surface area (Å²) >= 11 is 0. The van der Waals surface area contributed by atoms with Gasteiger partial charge in [-0.2, -0.15) is 0 Å². The molecule has 0 amide bonds. The summed E-state index contributed by atoms with van der Waals surface area (Å²) in [4.78, 5) is 0. The van der Waals surface area contributed by atoms with Gasteiger partial charge in [0.25, 0.3) is 0 Å². The van der Waals surface area contributed by atoms with Gasteiger partial charge in [0, 0.05) is 11.5 Å². The molecule has 0 spiro atoms. The monoisotopic (exact) mass is 146 g/mol. The van der Waals surface area contributed by atoms with Crippen LogP contribution in [0, 0.1) is 0 Å². The first-order valence-electron chi connectivity index (χ1n) is 3.74. The molecule has 0 N–H and O–H groups in total. The fraction of sp³-hybridized carbons (Fsp3) is 0.200. The third-order valence-electron chi connectivity index (χ3n) is 2.11. The summed E-state index contributed by atoms with van der Waals surface area (Å²) in [6.45, 7) is 5.93. The van der Waals surface area contributed by atoms with Crippen LogP contribution in [-0.2, 0) is 0 Å². The molecule has 11 heavy (non-hydrogen) atoms. The van der Waals surface area contributed by atoms with Crippen molar-refractivity contribution in [2.75, 3.05) is 0 Å². The Labute approximate surface area is 66.3 Å². The Morgan fingerprint density at radius 2 is 2.09 bits per heavy atom. The number of allylic oxidation sites excluding steroid dienone is 1. The van der Waals surface area contributed by atoms with Crippen molar-refractivity contribution in [3.05, 3.63) is 42.2 Å². The number of ether oxygens (including phenoxy) is 1. The van der Waals surface area contributed by atoms with Crippen LogP contribution in [0.3, 0.4) is 0 Å². The Kier molecular flexibility index (Phi) is 1.25. The molecule has 1 nitrogen and oxygen atoms in total. The Morgan fingerprint density at radius 1 is 1.36 bits per heavy atom. The zero-order valence-electron chi connectivity index (χ0n) is 6.50. The van der Waals surface area contributed by atoms with Gasteiger partial charge in [-0.25, -0.2) is 0 Å². The average molecular weight is 146 g/mol. The molecule has 0 saturated heterocycles. The van der Waals surface area contributed by atoms with Gasteiger partial charge in [-0.15, -0.1) is 0 Å². The molecule has 56 valence electrons. The highest BCUT2D eigenvalue weighted by Gasteiger charge is 2.22. The Hall–Kier alpha value is -1.24. The van der Waals surface area contributed by atoms with Gasteiger partial charge in [-0.05, 0) is 6.07 Å². The molecular weight excluding hydrogens is 136 g/mol. The van der Waals surface area contributed by atoms with Gasteiger partial charge in [0.15, 0.2) is 0 Å². The maximum absolute atomic E-state index is 5.42. The van der Waals surface area contributed by atoms with Gasteiger partial charge in [0.1, 0.15) is 11.5 Å². The SMILES string of the molecule is C=C1Oc2ccccc2C1C. The van der Waals surface area contributed by atoms with Crippen molar-refractivity contribution in [3.8, 4) is 5.75 Å². The van der Waals surface area contributed by atoms with E-state index in [1.807, 2.05) is 18.2 Å². The van der Waals surface area contributed by atoms with Crippen molar-refractivity contribution in [1.82, 2.24) is 0 Å². The summed E-state index contributed by atoms with van der Waals surface area (Å²) < 4.78 is 5.42. The van der Waals surface area contributed by atoms with Crippen LogP contribution in [-0.4, -0.2) is 0 Å². The number of rotatable bonds is 0. The van der Waals surface area contributed by atoms with Crippen molar-refractivity contribution in [1.29, 1.82) is 0 Å². The second-order valence-electron chi connectivity index (χ2n) is 2.83. The van der Waals surface area contributed by atoms with Crippen LogP contribution in [0.1, 0.15) is 18.4 Å². The number of benzene rings is 1. The number of para-hydroxylation sites is 1. The van der Waals surface area contributed by atoms with Gasteiger partial charge in [0.05, 0.1) is 0 Å². The molecule has 0 aliphatic carbocycles. The first-order chi connectivity index (χ1) is 5.29. The van der Waals surface area contributed by atoms with Crippen LogP contribution < -0.4 is 4.74 Å². The topological polar surface area (TPSA) is 9.23 Å². The zero-order chi connectivity index (χ0) is 7.84. The molecular formula is C10H10O. The third-order valence-corrected chi connectivity index (χ3v) is 2.11. The van der Waals surface area contributed by atoms with E-state index in [-0.39, 0.29) is 0 Å². The predicted octanol–water partition coefficient (Wildman–Crippen LogP) is 2.70. The molecule has 0 saturated carbocycles. The quantitative estimate of drug-likeness (QED) is 0.546. The van der Waals surface area contributed by atoms with Crippen LogP contribution in [0.2, 0.25) is 0 Å². The first kappa shape index (κ1) is 6.47. The predicted molar refractivity (Wildman–Crippen MR) is 44.6 cm³/mol. The molecule has 2 rings (SSSR count). The first-order valence-corrected chi connectivity index (χ1v) is 3.74. The zero-order valence-corrected chi connectivity index (χ0v) is 6.50. The second kappa shape index (κ2) is 2.12. The van der Waals surface area contributed by atoms with E-state index in [9.17, 15) is 0 Å². The highest BCUT2D eigenvalue weighted by Crippen LogP contribution is 2.38. The van der Waals surface area contributed by atoms with Crippen LogP contribution in [0.25, 0.3) is 0 Å². The summed E-state index contributed by atoms with van der Waals surface area (Å²) in [5.74, 6) is 2.17. The lowest BCUT2D eigenvalue weighted by Crippen LogP contribution is -1.89. The van der Waals surface area contributed by atoms with Crippen LogP contribution >= 0.6 is 0 Å². The third kappa shape index (κ3) is 0.845. The smallest absolute Gasteiger partial charge is 0.130 e. The van der Waals surface area contributed by atoms with E-state index in [4.69, 9.17) is 4.74 Å². The standard InChI is InChI=1S/C10H10O/c1-7-8(2)11-10-6-4-3-5-9(7)10/h3-7H,2H2,1H3. The average Bonchev–Trinajstić information content (AvgIpc) is 2.30. The highest BCUT2D eigenvalue weighted by atomic mass is 16.5. The van der Waals surface area contributed by atoms with E-state index in [2.05, 4.69) is 19.6 Å². The van der Waals surface area contributed by atoms with Crippen molar-refractivity contribution >= 4 is 0 Å². The van der Waals surface area contributed by atoms with Crippen molar-refractivity contribution < 1.29 is 4.74 Å². The lowest BCUT2D eigenvalue weighted by Gasteiger charge is -1.98. The van der Waals surface area contributed by atoms with Crippen LogP contribution in [0.15, 0.2) is 36.6 Å². The van der Waals surface area contributed by atoms with E-state index in [0.717, 1.165) is 11.5 Å². The highest BCUT2D eigenvalue weighted by molar-refractivity contribution is 5.44. The molecule has 1 unspecified atom stereocenters. The number of hydrogen-bond donors (Lipinski definition) is 0. The molecule has 0 aromatic heterocycles. The fourth-order valence-corrected chi connectivity index (χ4v) is 1.33. The lowest BCUT2D eigenvalue weighted by atomic mass is 10.0. The largest absolute Gasteiger partial charge is 0.461 e. The maximum Gasteiger partial charge on any atom is 0.130 e. The Balaban J connectivity index is 2.55.